The predicted octanol–water partition coefficient (Wildman–Crippen LogP) is 4.10. The minimum absolute atomic E-state index is 0.107. The van der Waals surface area contributed by atoms with E-state index < -0.39 is 0 Å². The molecule has 1 fully saturated rings. The minimum Gasteiger partial charge on any atom is -0.323 e. The maximum Gasteiger partial charge on any atom is 0.0424 e. The van der Waals surface area contributed by atoms with Crippen molar-refractivity contribution < 1.29 is 0 Å². The van der Waals surface area contributed by atoms with Gasteiger partial charge in [-0.05, 0) is 48.7 Å². The van der Waals surface area contributed by atoms with Gasteiger partial charge in [-0.1, -0.05) is 49.2 Å². The van der Waals surface area contributed by atoms with Crippen molar-refractivity contribution in [2.75, 3.05) is 13.1 Å². The van der Waals surface area contributed by atoms with Gasteiger partial charge in [-0.2, -0.15) is 0 Å². The van der Waals surface area contributed by atoms with Gasteiger partial charge < -0.3 is 5.73 Å². The van der Waals surface area contributed by atoms with Gasteiger partial charge in [-0.15, -0.1) is 0 Å². The zero-order valence-corrected chi connectivity index (χ0v) is 13.0. The number of fused-ring (bicyclic) bond motifs is 1. The highest BCUT2D eigenvalue weighted by Crippen LogP contribution is 2.22. The number of hydrogen-bond acceptors (Lipinski definition) is 2. The molecular weight excluding hydrogens is 256 g/mol. The second kappa shape index (κ2) is 6.59. The molecule has 0 aliphatic carbocycles. The maximum absolute atomic E-state index is 6.49. The molecule has 2 nitrogen and oxygen atoms in total. The van der Waals surface area contributed by atoms with Crippen molar-refractivity contribution >= 4 is 10.8 Å². The summed E-state index contributed by atoms with van der Waals surface area (Å²) in [5.74, 6) is 0. The maximum atomic E-state index is 6.49. The normalized spacial score (nSPS) is 22.1. The summed E-state index contributed by atoms with van der Waals surface area (Å²) in [4.78, 5) is 2.58. The van der Waals surface area contributed by atoms with Crippen molar-refractivity contribution in [2.24, 2.45) is 5.73 Å². The van der Waals surface area contributed by atoms with E-state index in [1.807, 2.05) is 0 Å². The summed E-state index contributed by atoms with van der Waals surface area (Å²) in [5.41, 5.74) is 7.74. The first-order valence-corrected chi connectivity index (χ1v) is 8.22. The number of likely N-dealkylation sites (tertiary alicyclic amines) is 1. The van der Waals surface area contributed by atoms with E-state index in [9.17, 15) is 0 Å². The fourth-order valence-electron chi connectivity index (χ4n) is 3.40. The molecule has 0 amide bonds. The van der Waals surface area contributed by atoms with E-state index in [-0.39, 0.29) is 6.04 Å². The highest BCUT2D eigenvalue weighted by atomic mass is 15.2. The van der Waals surface area contributed by atoms with Crippen LogP contribution in [-0.4, -0.2) is 24.0 Å². The number of rotatable bonds is 3. The SMILES string of the molecule is CC1CCCCCN1CC(N)c1ccc2ccccc2c1. The van der Waals surface area contributed by atoms with E-state index in [1.54, 1.807) is 0 Å². The number of hydrogen-bond donors (Lipinski definition) is 1. The third kappa shape index (κ3) is 3.45. The van der Waals surface area contributed by atoms with Crippen LogP contribution in [0, 0.1) is 0 Å². The second-order valence-electron chi connectivity index (χ2n) is 6.41. The van der Waals surface area contributed by atoms with Crippen molar-refractivity contribution in [1.29, 1.82) is 0 Å². The van der Waals surface area contributed by atoms with Crippen LogP contribution in [0.1, 0.15) is 44.2 Å². The number of nitrogens with two attached hydrogens (primary N) is 1. The third-order valence-electron chi connectivity index (χ3n) is 4.82. The van der Waals surface area contributed by atoms with Crippen molar-refractivity contribution in [2.45, 2.75) is 44.7 Å². The second-order valence-corrected chi connectivity index (χ2v) is 6.41. The Hall–Kier alpha value is -1.38. The lowest BCUT2D eigenvalue weighted by Gasteiger charge is -2.29. The zero-order chi connectivity index (χ0) is 14.7. The summed E-state index contributed by atoms with van der Waals surface area (Å²) in [6, 6.07) is 15.9. The molecule has 1 aliphatic heterocycles. The molecule has 0 radical (unpaired) electrons. The molecule has 21 heavy (non-hydrogen) atoms. The monoisotopic (exact) mass is 282 g/mol. The Kier molecular flexibility index (Phi) is 4.57. The highest BCUT2D eigenvalue weighted by molar-refractivity contribution is 5.83. The van der Waals surface area contributed by atoms with Crippen molar-refractivity contribution in [3.05, 3.63) is 48.0 Å². The summed E-state index contributed by atoms with van der Waals surface area (Å²) in [6.45, 7) is 4.51. The molecule has 2 atom stereocenters. The van der Waals surface area contributed by atoms with Gasteiger partial charge in [0.2, 0.25) is 0 Å². The van der Waals surface area contributed by atoms with Gasteiger partial charge in [-0.3, -0.25) is 4.90 Å². The Bertz CT molecular complexity index is 593. The van der Waals surface area contributed by atoms with Gasteiger partial charge >= 0.3 is 0 Å². The number of nitrogens with zero attached hydrogens (tertiary/aromatic N) is 1. The van der Waals surface area contributed by atoms with Crippen molar-refractivity contribution in [3.63, 3.8) is 0 Å². The van der Waals surface area contributed by atoms with Crippen LogP contribution >= 0.6 is 0 Å². The average Bonchev–Trinajstić information content (AvgIpc) is 2.72. The molecule has 2 aromatic rings. The molecule has 0 spiro atoms. The molecule has 0 aromatic heterocycles. The fraction of sp³-hybridized carbons (Fsp3) is 0.474. The highest BCUT2D eigenvalue weighted by Gasteiger charge is 2.19. The van der Waals surface area contributed by atoms with Gasteiger partial charge in [-0.25, -0.2) is 0 Å². The quantitative estimate of drug-likeness (QED) is 0.918. The van der Waals surface area contributed by atoms with Crippen LogP contribution in [0.2, 0.25) is 0 Å². The van der Waals surface area contributed by atoms with Crippen LogP contribution in [0.4, 0.5) is 0 Å². The lowest BCUT2D eigenvalue weighted by Crippen LogP contribution is -2.38. The lowest BCUT2D eigenvalue weighted by atomic mass is 10.0. The first-order valence-electron chi connectivity index (χ1n) is 8.22. The van der Waals surface area contributed by atoms with Gasteiger partial charge in [0.05, 0.1) is 0 Å². The summed E-state index contributed by atoms with van der Waals surface area (Å²) >= 11 is 0. The van der Waals surface area contributed by atoms with Crippen LogP contribution in [0.25, 0.3) is 10.8 Å². The largest absolute Gasteiger partial charge is 0.323 e. The molecule has 0 saturated carbocycles. The first kappa shape index (κ1) is 14.6. The summed E-state index contributed by atoms with van der Waals surface area (Å²) in [6.07, 6.45) is 5.36. The molecule has 112 valence electrons. The molecule has 2 unspecified atom stereocenters. The van der Waals surface area contributed by atoms with Crippen LogP contribution in [0.5, 0.6) is 0 Å². The Morgan fingerprint density at radius 1 is 1.10 bits per heavy atom. The number of benzene rings is 2. The zero-order valence-electron chi connectivity index (χ0n) is 13.0. The van der Waals surface area contributed by atoms with E-state index in [2.05, 4.69) is 54.3 Å². The van der Waals surface area contributed by atoms with E-state index in [4.69, 9.17) is 5.73 Å². The Morgan fingerprint density at radius 2 is 1.90 bits per heavy atom. The minimum atomic E-state index is 0.107. The molecule has 1 aliphatic rings. The van der Waals surface area contributed by atoms with Gasteiger partial charge in [0.1, 0.15) is 0 Å². The van der Waals surface area contributed by atoms with E-state index in [1.165, 1.54) is 48.6 Å². The Morgan fingerprint density at radius 3 is 2.76 bits per heavy atom. The molecule has 2 N–H and O–H groups in total. The van der Waals surface area contributed by atoms with Crippen molar-refractivity contribution in [1.82, 2.24) is 4.90 Å². The third-order valence-corrected chi connectivity index (χ3v) is 4.82. The van der Waals surface area contributed by atoms with Crippen LogP contribution in [0.3, 0.4) is 0 Å². The Balaban J connectivity index is 1.75. The summed E-state index contributed by atoms with van der Waals surface area (Å²) in [7, 11) is 0. The molecule has 0 bridgehead atoms. The standard InChI is InChI=1S/C19H26N2/c1-15-7-3-2-6-12-21(15)14-19(20)18-11-10-16-8-4-5-9-17(16)13-18/h4-5,8-11,13,15,19H,2-3,6-7,12,14,20H2,1H3. The fourth-order valence-corrected chi connectivity index (χ4v) is 3.40. The van der Waals surface area contributed by atoms with E-state index in [0.717, 1.165) is 6.54 Å². The molecule has 1 saturated heterocycles. The van der Waals surface area contributed by atoms with Crippen LogP contribution in [-0.2, 0) is 0 Å². The molecule has 2 aromatic carbocycles. The molecule has 1 heterocycles. The Labute approximate surface area is 127 Å². The topological polar surface area (TPSA) is 29.3 Å². The van der Waals surface area contributed by atoms with Crippen LogP contribution in [0.15, 0.2) is 42.5 Å². The lowest BCUT2D eigenvalue weighted by molar-refractivity contribution is 0.201. The van der Waals surface area contributed by atoms with Gasteiger partial charge in [0, 0.05) is 18.6 Å². The van der Waals surface area contributed by atoms with Crippen molar-refractivity contribution in [3.8, 4) is 0 Å². The average molecular weight is 282 g/mol. The first-order chi connectivity index (χ1) is 10.2. The molecule has 2 heteroatoms. The van der Waals surface area contributed by atoms with Gasteiger partial charge in [0.25, 0.3) is 0 Å². The molecular formula is C19H26N2. The van der Waals surface area contributed by atoms with Gasteiger partial charge in [0.15, 0.2) is 0 Å². The summed E-state index contributed by atoms with van der Waals surface area (Å²) < 4.78 is 0. The summed E-state index contributed by atoms with van der Waals surface area (Å²) in [5, 5.41) is 2.57. The van der Waals surface area contributed by atoms with E-state index in [0.29, 0.717) is 6.04 Å². The smallest absolute Gasteiger partial charge is 0.0424 e. The van der Waals surface area contributed by atoms with Crippen LogP contribution < -0.4 is 5.73 Å². The van der Waals surface area contributed by atoms with E-state index >= 15 is 0 Å². The molecule has 3 rings (SSSR count). The predicted molar refractivity (Wildman–Crippen MR) is 90.4 cm³/mol.